The summed E-state index contributed by atoms with van der Waals surface area (Å²) in [5.74, 6) is 1.00. The van der Waals surface area contributed by atoms with Crippen molar-refractivity contribution >= 4 is 17.5 Å². The van der Waals surface area contributed by atoms with Gasteiger partial charge in [-0.2, -0.15) is 4.98 Å². The molecule has 0 aliphatic rings. The Morgan fingerprint density at radius 2 is 2.00 bits per heavy atom. The number of aromatic nitrogens is 2. The molecule has 0 amide bonds. The van der Waals surface area contributed by atoms with Crippen molar-refractivity contribution in [3.05, 3.63) is 41.8 Å². The van der Waals surface area contributed by atoms with Gasteiger partial charge < -0.3 is 10.2 Å². The van der Waals surface area contributed by atoms with Crippen molar-refractivity contribution in [2.45, 2.75) is 6.92 Å². The van der Waals surface area contributed by atoms with E-state index in [0.29, 0.717) is 5.95 Å². The second-order valence-electron chi connectivity index (χ2n) is 3.98. The van der Waals surface area contributed by atoms with E-state index in [4.69, 9.17) is 0 Å². The van der Waals surface area contributed by atoms with Gasteiger partial charge in [0.25, 0.3) is 0 Å². The van der Waals surface area contributed by atoms with Gasteiger partial charge in [-0.1, -0.05) is 6.07 Å². The summed E-state index contributed by atoms with van der Waals surface area (Å²) in [4.78, 5) is 10.4. The molecule has 94 valence electrons. The highest BCUT2D eigenvalue weighted by molar-refractivity contribution is 5.60. The predicted molar refractivity (Wildman–Crippen MR) is 70.8 cm³/mol. The molecule has 2 aromatic rings. The number of halogens is 1. The summed E-state index contributed by atoms with van der Waals surface area (Å²) in [6, 6.07) is 8.25. The van der Waals surface area contributed by atoms with E-state index < -0.39 is 0 Å². The van der Waals surface area contributed by atoms with Crippen LogP contribution in [-0.2, 0) is 0 Å². The first-order valence-electron chi connectivity index (χ1n) is 5.63. The molecule has 1 heterocycles. The van der Waals surface area contributed by atoms with Crippen LogP contribution in [0.3, 0.4) is 0 Å². The van der Waals surface area contributed by atoms with Gasteiger partial charge in [0.1, 0.15) is 11.6 Å². The highest BCUT2D eigenvalue weighted by Gasteiger charge is 2.08. The fourth-order valence-corrected chi connectivity index (χ4v) is 1.65. The maximum absolute atomic E-state index is 13.2. The van der Waals surface area contributed by atoms with E-state index in [2.05, 4.69) is 15.3 Å². The van der Waals surface area contributed by atoms with Crippen LogP contribution in [0.4, 0.5) is 21.8 Å². The summed E-state index contributed by atoms with van der Waals surface area (Å²) in [6.45, 7) is 1.89. The average molecular weight is 246 g/mol. The van der Waals surface area contributed by atoms with Gasteiger partial charge in [0.15, 0.2) is 0 Å². The lowest BCUT2D eigenvalue weighted by atomic mass is 10.3. The Hall–Kier alpha value is -2.17. The Bertz CT molecular complexity index is 556. The molecule has 2 rings (SSSR count). The molecule has 0 saturated carbocycles. The molecular formula is C13H15FN4. The molecule has 1 N–H and O–H groups in total. The normalized spacial score (nSPS) is 10.2. The molecule has 0 saturated heterocycles. The third kappa shape index (κ3) is 2.56. The van der Waals surface area contributed by atoms with Gasteiger partial charge in [-0.3, -0.25) is 0 Å². The average Bonchev–Trinajstić information content (AvgIpc) is 2.37. The van der Waals surface area contributed by atoms with Crippen LogP contribution in [0.15, 0.2) is 30.3 Å². The zero-order valence-electron chi connectivity index (χ0n) is 10.6. The van der Waals surface area contributed by atoms with Crippen molar-refractivity contribution in [3.8, 4) is 0 Å². The summed E-state index contributed by atoms with van der Waals surface area (Å²) in [5, 5.41) is 2.90. The third-order valence-corrected chi connectivity index (χ3v) is 2.60. The van der Waals surface area contributed by atoms with Crippen LogP contribution in [0.1, 0.15) is 5.69 Å². The molecule has 0 aliphatic carbocycles. The number of rotatable bonds is 3. The van der Waals surface area contributed by atoms with Crippen molar-refractivity contribution in [1.29, 1.82) is 0 Å². The Morgan fingerprint density at radius 1 is 1.22 bits per heavy atom. The van der Waals surface area contributed by atoms with Gasteiger partial charge in [-0.25, -0.2) is 9.37 Å². The lowest BCUT2D eigenvalue weighted by Crippen LogP contribution is -2.13. The Balaban J connectivity index is 2.39. The summed E-state index contributed by atoms with van der Waals surface area (Å²) < 4.78 is 13.2. The van der Waals surface area contributed by atoms with E-state index in [1.807, 2.05) is 31.0 Å². The smallest absolute Gasteiger partial charge is 0.224 e. The van der Waals surface area contributed by atoms with Gasteiger partial charge in [0.2, 0.25) is 5.95 Å². The van der Waals surface area contributed by atoms with Crippen molar-refractivity contribution in [2.75, 3.05) is 24.3 Å². The number of anilines is 3. The minimum atomic E-state index is -0.265. The molecule has 0 spiro atoms. The number of benzene rings is 1. The highest BCUT2D eigenvalue weighted by atomic mass is 19.1. The fraction of sp³-hybridized carbons (Fsp3) is 0.231. The first-order valence-corrected chi connectivity index (χ1v) is 5.63. The van der Waals surface area contributed by atoms with Gasteiger partial charge in [0, 0.05) is 31.5 Å². The molecule has 4 nitrogen and oxygen atoms in total. The molecule has 0 atom stereocenters. The van der Waals surface area contributed by atoms with E-state index >= 15 is 0 Å². The molecule has 1 aromatic carbocycles. The summed E-state index contributed by atoms with van der Waals surface area (Å²) in [6.07, 6.45) is 0. The number of nitrogens with one attached hydrogen (secondary N) is 1. The van der Waals surface area contributed by atoms with Crippen LogP contribution < -0.4 is 10.2 Å². The maximum atomic E-state index is 13.2. The topological polar surface area (TPSA) is 41.1 Å². The molecule has 18 heavy (non-hydrogen) atoms. The zero-order valence-corrected chi connectivity index (χ0v) is 10.6. The van der Waals surface area contributed by atoms with E-state index in [0.717, 1.165) is 17.2 Å². The summed E-state index contributed by atoms with van der Waals surface area (Å²) >= 11 is 0. The molecule has 0 aliphatic heterocycles. The predicted octanol–water partition coefficient (Wildman–Crippen LogP) is 2.73. The van der Waals surface area contributed by atoms with Crippen molar-refractivity contribution in [1.82, 2.24) is 9.97 Å². The highest BCUT2D eigenvalue weighted by Crippen LogP contribution is 2.23. The molecular weight excluding hydrogens is 231 g/mol. The lowest BCUT2D eigenvalue weighted by Gasteiger charge is -2.19. The molecule has 0 radical (unpaired) electrons. The quantitative estimate of drug-likeness (QED) is 0.904. The Labute approximate surface area is 105 Å². The van der Waals surface area contributed by atoms with Crippen LogP contribution in [-0.4, -0.2) is 24.1 Å². The largest absolute Gasteiger partial charge is 0.357 e. The Kier molecular flexibility index (Phi) is 3.41. The first kappa shape index (κ1) is 12.3. The van der Waals surface area contributed by atoms with Crippen LogP contribution in [0.25, 0.3) is 0 Å². The summed E-state index contributed by atoms with van der Waals surface area (Å²) in [5.41, 5.74) is 1.60. The van der Waals surface area contributed by atoms with E-state index in [1.165, 1.54) is 12.1 Å². The van der Waals surface area contributed by atoms with Crippen molar-refractivity contribution in [2.24, 2.45) is 0 Å². The second-order valence-corrected chi connectivity index (χ2v) is 3.98. The molecule has 5 heteroatoms. The van der Waals surface area contributed by atoms with Crippen LogP contribution in [0, 0.1) is 12.7 Å². The van der Waals surface area contributed by atoms with Crippen LogP contribution >= 0.6 is 0 Å². The van der Waals surface area contributed by atoms with Gasteiger partial charge >= 0.3 is 0 Å². The van der Waals surface area contributed by atoms with E-state index in [1.54, 1.807) is 13.1 Å². The first-order chi connectivity index (χ1) is 8.60. The van der Waals surface area contributed by atoms with Gasteiger partial charge in [-0.05, 0) is 25.1 Å². The zero-order chi connectivity index (χ0) is 13.1. The lowest BCUT2D eigenvalue weighted by molar-refractivity contribution is 0.628. The number of hydrogen-bond acceptors (Lipinski definition) is 4. The van der Waals surface area contributed by atoms with Crippen molar-refractivity contribution in [3.63, 3.8) is 0 Å². The minimum absolute atomic E-state index is 0.265. The molecule has 0 fully saturated rings. The van der Waals surface area contributed by atoms with Crippen LogP contribution in [0.2, 0.25) is 0 Å². The van der Waals surface area contributed by atoms with E-state index in [-0.39, 0.29) is 5.82 Å². The maximum Gasteiger partial charge on any atom is 0.224 e. The SMILES string of the molecule is CNc1nc(C)cc(N(C)c2cccc(F)c2)n1. The standard InChI is InChI=1S/C13H15FN4/c1-9-7-12(17-13(15-2)16-9)18(3)11-6-4-5-10(14)8-11/h4-8H,1-3H3,(H,15,16,17). The van der Waals surface area contributed by atoms with Crippen molar-refractivity contribution < 1.29 is 4.39 Å². The van der Waals surface area contributed by atoms with Gasteiger partial charge in [-0.15, -0.1) is 0 Å². The Morgan fingerprint density at radius 3 is 2.67 bits per heavy atom. The van der Waals surface area contributed by atoms with E-state index in [9.17, 15) is 4.39 Å². The number of nitrogens with zero attached hydrogens (tertiary/aromatic N) is 3. The third-order valence-electron chi connectivity index (χ3n) is 2.60. The molecule has 0 bridgehead atoms. The van der Waals surface area contributed by atoms with Gasteiger partial charge in [0.05, 0.1) is 0 Å². The number of hydrogen-bond donors (Lipinski definition) is 1. The minimum Gasteiger partial charge on any atom is -0.357 e. The molecule has 1 aromatic heterocycles. The van der Waals surface area contributed by atoms with Crippen LogP contribution in [0.5, 0.6) is 0 Å². The fourth-order valence-electron chi connectivity index (χ4n) is 1.65. The monoisotopic (exact) mass is 246 g/mol. The molecule has 0 unspecified atom stereocenters. The summed E-state index contributed by atoms with van der Waals surface area (Å²) in [7, 11) is 3.61. The second kappa shape index (κ2) is 5.00. The number of aryl methyl sites for hydroxylation is 1.